The number of para-hydroxylation sites is 1. The second kappa shape index (κ2) is 4.47. The fourth-order valence-corrected chi connectivity index (χ4v) is 5.34. The van der Waals surface area contributed by atoms with Crippen LogP contribution in [0.25, 0.3) is 10.9 Å². The van der Waals surface area contributed by atoms with Crippen molar-refractivity contribution in [1.82, 2.24) is 9.88 Å². The van der Waals surface area contributed by atoms with Crippen molar-refractivity contribution in [2.45, 2.75) is 31.5 Å². The summed E-state index contributed by atoms with van der Waals surface area (Å²) in [6.45, 7) is 3.07. The summed E-state index contributed by atoms with van der Waals surface area (Å²) in [5, 5.41) is 22.8. The van der Waals surface area contributed by atoms with E-state index < -0.39 is 5.72 Å². The maximum Gasteiger partial charge on any atom is 0.160 e. The summed E-state index contributed by atoms with van der Waals surface area (Å²) in [4.78, 5) is 5.71. The highest BCUT2D eigenvalue weighted by atomic mass is 16.3. The third kappa shape index (κ3) is 1.56. The molecule has 4 bridgehead atoms. The van der Waals surface area contributed by atoms with Crippen LogP contribution in [-0.2, 0) is 12.1 Å². The van der Waals surface area contributed by atoms with Crippen molar-refractivity contribution in [3.63, 3.8) is 0 Å². The summed E-state index contributed by atoms with van der Waals surface area (Å²) >= 11 is 0. The molecular formula is C19H22N2O2. The first kappa shape index (κ1) is 13.8. The zero-order chi connectivity index (χ0) is 15.8. The largest absolute Gasteiger partial charge is 0.396 e. The number of aromatic amines is 1. The molecule has 0 aliphatic carbocycles. The Morgan fingerprint density at radius 1 is 1.39 bits per heavy atom. The van der Waals surface area contributed by atoms with Gasteiger partial charge in [-0.25, -0.2) is 0 Å². The van der Waals surface area contributed by atoms with Crippen LogP contribution in [0.2, 0.25) is 0 Å². The van der Waals surface area contributed by atoms with Crippen LogP contribution in [0.3, 0.4) is 0 Å². The van der Waals surface area contributed by atoms with Crippen LogP contribution in [0, 0.1) is 11.8 Å². The molecule has 2 aromatic rings. The number of fused-ring (bicyclic) bond motifs is 4. The van der Waals surface area contributed by atoms with Crippen LogP contribution >= 0.6 is 0 Å². The molecule has 3 saturated heterocycles. The van der Waals surface area contributed by atoms with E-state index in [4.69, 9.17) is 0 Å². The molecule has 3 fully saturated rings. The molecule has 6 rings (SSSR count). The lowest BCUT2D eigenvalue weighted by molar-refractivity contribution is -0.221. The van der Waals surface area contributed by atoms with Crippen LogP contribution in [0.15, 0.2) is 35.9 Å². The van der Waals surface area contributed by atoms with Gasteiger partial charge in [0.1, 0.15) is 0 Å². The Kier molecular flexibility index (Phi) is 2.68. The first-order valence-electron chi connectivity index (χ1n) is 8.52. The molecule has 4 aliphatic rings. The number of hydrogen-bond acceptors (Lipinski definition) is 3. The molecule has 5 heterocycles. The minimum Gasteiger partial charge on any atom is -0.396 e. The molecule has 0 saturated carbocycles. The molecule has 3 N–H and O–H groups in total. The Morgan fingerprint density at radius 3 is 3.00 bits per heavy atom. The quantitative estimate of drug-likeness (QED) is 0.707. The number of hydrogen-bond donors (Lipinski definition) is 3. The van der Waals surface area contributed by atoms with Crippen molar-refractivity contribution in [2.24, 2.45) is 11.8 Å². The molecular weight excluding hydrogens is 288 g/mol. The first-order chi connectivity index (χ1) is 11.2. The number of benzene rings is 1. The van der Waals surface area contributed by atoms with Gasteiger partial charge in [-0.1, -0.05) is 29.8 Å². The van der Waals surface area contributed by atoms with E-state index in [1.165, 1.54) is 16.5 Å². The SMILES string of the molecule is C/C=C1\CN2[C@H]3Cc4c([nH]c5ccccc45)[C@]2(O)C[C@H]1[C@@H]3CO. The van der Waals surface area contributed by atoms with Crippen LogP contribution in [0.4, 0.5) is 0 Å². The van der Waals surface area contributed by atoms with E-state index in [2.05, 4.69) is 41.1 Å². The van der Waals surface area contributed by atoms with Crippen LogP contribution < -0.4 is 0 Å². The van der Waals surface area contributed by atoms with Gasteiger partial charge in [0.15, 0.2) is 5.72 Å². The van der Waals surface area contributed by atoms with Crippen molar-refractivity contribution < 1.29 is 10.2 Å². The smallest absolute Gasteiger partial charge is 0.160 e. The summed E-state index contributed by atoms with van der Waals surface area (Å²) in [5.41, 5.74) is 3.77. The highest BCUT2D eigenvalue weighted by Gasteiger charge is 2.59. The summed E-state index contributed by atoms with van der Waals surface area (Å²) in [6, 6.07) is 8.52. The second-order valence-corrected chi connectivity index (χ2v) is 7.26. The lowest BCUT2D eigenvalue weighted by atomic mass is 9.63. The number of allylic oxidation sites excluding steroid dienone is 1. The molecule has 1 aromatic carbocycles. The number of nitrogens with one attached hydrogen (secondary N) is 1. The molecule has 4 nitrogen and oxygen atoms in total. The lowest BCUT2D eigenvalue weighted by Gasteiger charge is -2.61. The van der Waals surface area contributed by atoms with E-state index in [0.717, 1.165) is 24.2 Å². The van der Waals surface area contributed by atoms with E-state index in [1.807, 2.05) is 6.07 Å². The normalized spacial score (nSPS) is 39.9. The molecule has 4 heteroatoms. The Balaban J connectivity index is 1.74. The van der Waals surface area contributed by atoms with Crippen molar-refractivity contribution in [1.29, 1.82) is 0 Å². The van der Waals surface area contributed by atoms with Gasteiger partial charge in [0.2, 0.25) is 0 Å². The molecule has 4 aliphatic heterocycles. The minimum absolute atomic E-state index is 0.191. The third-order valence-electron chi connectivity index (χ3n) is 6.43. The summed E-state index contributed by atoms with van der Waals surface area (Å²) in [7, 11) is 0. The lowest BCUT2D eigenvalue weighted by Crippen LogP contribution is -2.69. The number of H-pyrrole nitrogens is 1. The van der Waals surface area contributed by atoms with Crippen LogP contribution in [0.1, 0.15) is 24.6 Å². The van der Waals surface area contributed by atoms with Gasteiger partial charge in [0.05, 0.1) is 5.69 Å². The topological polar surface area (TPSA) is 59.5 Å². The van der Waals surface area contributed by atoms with Crippen LogP contribution in [0.5, 0.6) is 0 Å². The van der Waals surface area contributed by atoms with Gasteiger partial charge in [-0.05, 0) is 30.9 Å². The summed E-state index contributed by atoms with van der Waals surface area (Å²) in [6.07, 6.45) is 3.75. The van der Waals surface area contributed by atoms with Crippen LogP contribution in [-0.4, -0.2) is 39.3 Å². The first-order valence-corrected chi connectivity index (χ1v) is 8.52. The number of piperidine rings is 3. The standard InChI is InChI=1S/C19H22N2O2/c1-2-11-9-21-17-7-13-12-5-3-4-6-16(12)20-18(13)19(21,23)8-14(11)15(17)10-22/h2-6,14-15,17,20,22-23H,7-10H2,1H3/b11-2+/t14-,15+,17+,19-/m1/s1. The Hall–Kier alpha value is -1.62. The molecule has 0 radical (unpaired) electrons. The maximum absolute atomic E-state index is 11.6. The highest BCUT2D eigenvalue weighted by molar-refractivity contribution is 5.85. The van der Waals surface area contributed by atoms with Crippen molar-refractivity contribution in [2.75, 3.05) is 13.2 Å². The predicted octanol–water partition coefficient (Wildman–Crippen LogP) is 2.13. The van der Waals surface area contributed by atoms with E-state index in [0.29, 0.717) is 6.42 Å². The van der Waals surface area contributed by atoms with Gasteiger partial charge in [-0.2, -0.15) is 0 Å². The number of aliphatic hydroxyl groups is 2. The number of rotatable bonds is 1. The molecule has 120 valence electrons. The zero-order valence-corrected chi connectivity index (χ0v) is 13.3. The Labute approximate surface area is 135 Å². The van der Waals surface area contributed by atoms with E-state index in [-0.39, 0.29) is 24.5 Å². The Bertz CT molecular complexity index is 824. The number of aromatic nitrogens is 1. The van der Waals surface area contributed by atoms with E-state index in [9.17, 15) is 10.2 Å². The van der Waals surface area contributed by atoms with Crippen molar-refractivity contribution >= 4 is 10.9 Å². The molecule has 1 aromatic heterocycles. The summed E-state index contributed by atoms with van der Waals surface area (Å²) in [5.74, 6) is 0.501. The molecule has 23 heavy (non-hydrogen) atoms. The zero-order valence-electron chi connectivity index (χ0n) is 13.3. The second-order valence-electron chi connectivity index (χ2n) is 7.26. The molecule has 5 atom stereocenters. The van der Waals surface area contributed by atoms with Gasteiger partial charge in [0, 0.05) is 42.4 Å². The van der Waals surface area contributed by atoms with Gasteiger partial charge >= 0.3 is 0 Å². The molecule has 0 amide bonds. The van der Waals surface area contributed by atoms with Gasteiger partial charge in [-0.3, -0.25) is 4.90 Å². The fourth-order valence-electron chi connectivity index (χ4n) is 5.34. The average Bonchev–Trinajstić information content (AvgIpc) is 2.94. The third-order valence-corrected chi connectivity index (χ3v) is 6.43. The van der Waals surface area contributed by atoms with Crippen molar-refractivity contribution in [3.05, 3.63) is 47.2 Å². The number of nitrogens with zero attached hydrogens (tertiary/aromatic N) is 1. The van der Waals surface area contributed by atoms with Gasteiger partial charge < -0.3 is 15.2 Å². The fraction of sp³-hybridized carbons (Fsp3) is 0.474. The minimum atomic E-state index is -0.917. The van der Waals surface area contributed by atoms with Gasteiger partial charge in [-0.15, -0.1) is 0 Å². The molecule has 0 spiro atoms. The maximum atomic E-state index is 11.6. The van der Waals surface area contributed by atoms with Crippen molar-refractivity contribution in [3.8, 4) is 0 Å². The van der Waals surface area contributed by atoms with E-state index >= 15 is 0 Å². The Morgan fingerprint density at radius 2 is 2.22 bits per heavy atom. The summed E-state index contributed by atoms with van der Waals surface area (Å²) < 4.78 is 0. The molecule has 1 unspecified atom stereocenters. The number of aliphatic hydroxyl groups excluding tert-OH is 1. The van der Waals surface area contributed by atoms with E-state index in [1.54, 1.807) is 0 Å². The monoisotopic (exact) mass is 310 g/mol. The average molecular weight is 310 g/mol. The highest BCUT2D eigenvalue weighted by Crippen LogP contribution is 2.55. The van der Waals surface area contributed by atoms with Gasteiger partial charge in [0.25, 0.3) is 0 Å². The predicted molar refractivity (Wildman–Crippen MR) is 88.8 cm³/mol.